The summed E-state index contributed by atoms with van der Waals surface area (Å²) in [7, 11) is 0. The maximum absolute atomic E-state index is 11.7. The number of carbonyl (C=O) groups is 1. The quantitative estimate of drug-likeness (QED) is 0.795. The number of ether oxygens (including phenoxy) is 1. The predicted molar refractivity (Wildman–Crippen MR) is 71.5 cm³/mol. The first-order chi connectivity index (χ1) is 8.44. The van der Waals surface area contributed by atoms with E-state index in [1.807, 2.05) is 20.8 Å². The Balaban J connectivity index is 1.68. The number of hydrogen-bond acceptors (Lipinski definition) is 3. The van der Waals surface area contributed by atoms with Crippen molar-refractivity contribution in [1.82, 2.24) is 10.6 Å². The zero-order valence-corrected chi connectivity index (χ0v) is 11.8. The van der Waals surface area contributed by atoms with Gasteiger partial charge in [0.25, 0.3) is 0 Å². The second-order valence-electron chi connectivity index (χ2n) is 6.68. The number of alkyl carbamates (subject to hydrolysis) is 1. The van der Waals surface area contributed by atoms with Gasteiger partial charge in [0.1, 0.15) is 5.60 Å². The van der Waals surface area contributed by atoms with E-state index in [0.717, 1.165) is 24.7 Å². The molecule has 2 N–H and O–H groups in total. The first kappa shape index (κ1) is 13.7. The molecule has 2 rings (SSSR count). The van der Waals surface area contributed by atoms with Crippen LogP contribution >= 0.6 is 0 Å². The molecule has 104 valence electrons. The van der Waals surface area contributed by atoms with Crippen molar-refractivity contribution in [3.05, 3.63) is 0 Å². The molecule has 0 spiro atoms. The third kappa shape index (κ3) is 3.87. The van der Waals surface area contributed by atoms with Crippen LogP contribution in [0.25, 0.3) is 0 Å². The Hall–Kier alpha value is -0.770. The molecule has 4 nitrogen and oxygen atoms in total. The summed E-state index contributed by atoms with van der Waals surface area (Å²) in [6.07, 6.45) is 4.41. The van der Waals surface area contributed by atoms with Crippen molar-refractivity contribution in [2.45, 2.75) is 58.1 Å². The van der Waals surface area contributed by atoms with Gasteiger partial charge in [-0.25, -0.2) is 4.79 Å². The van der Waals surface area contributed by atoms with Crippen molar-refractivity contribution in [2.75, 3.05) is 13.1 Å². The van der Waals surface area contributed by atoms with Crippen LogP contribution in [0.15, 0.2) is 0 Å². The van der Waals surface area contributed by atoms with Crippen molar-refractivity contribution < 1.29 is 9.53 Å². The number of amides is 1. The van der Waals surface area contributed by atoms with Gasteiger partial charge in [-0.15, -0.1) is 0 Å². The van der Waals surface area contributed by atoms with Crippen molar-refractivity contribution in [2.24, 2.45) is 11.8 Å². The lowest BCUT2D eigenvalue weighted by molar-refractivity contribution is 0.0478. The second kappa shape index (κ2) is 5.47. The highest BCUT2D eigenvalue weighted by atomic mass is 16.6. The van der Waals surface area contributed by atoms with Crippen molar-refractivity contribution in [3.8, 4) is 0 Å². The van der Waals surface area contributed by atoms with Crippen LogP contribution < -0.4 is 10.6 Å². The van der Waals surface area contributed by atoms with Gasteiger partial charge in [0.2, 0.25) is 0 Å². The van der Waals surface area contributed by atoms with Crippen LogP contribution in [0.3, 0.4) is 0 Å². The molecule has 2 fully saturated rings. The summed E-state index contributed by atoms with van der Waals surface area (Å²) in [5.41, 5.74) is -0.404. The first-order valence-electron chi connectivity index (χ1n) is 7.14. The Bertz CT molecular complexity index is 287. The second-order valence-corrected chi connectivity index (χ2v) is 6.68. The third-order valence-electron chi connectivity index (χ3n) is 3.97. The van der Waals surface area contributed by atoms with E-state index in [1.165, 1.54) is 25.9 Å². The van der Waals surface area contributed by atoms with Crippen LogP contribution in [-0.2, 0) is 4.74 Å². The minimum atomic E-state index is -0.404. The molecule has 0 bridgehead atoms. The largest absolute Gasteiger partial charge is 0.444 e. The molecular weight excluding hydrogens is 228 g/mol. The molecule has 1 saturated heterocycles. The van der Waals surface area contributed by atoms with Gasteiger partial charge < -0.3 is 15.4 Å². The van der Waals surface area contributed by atoms with Gasteiger partial charge in [0.05, 0.1) is 0 Å². The van der Waals surface area contributed by atoms with E-state index < -0.39 is 5.60 Å². The summed E-state index contributed by atoms with van der Waals surface area (Å²) in [5, 5.41) is 6.33. The summed E-state index contributed by atoms with van der Waals surface area (Å²) in [6, 6.07) is 0.309. The molecule has 0 atom stereocenters. The van der Waals surface area contributed by atoms with Crippen LogP contribution in [0.5, 0.6) is 0 Å². The predicted octanol–water partition coefficient (Wildman–Crippen LogP) is 2.29. The minimum absolute atomic E-state index is 0.267. The van der Waals surface area contributed by atoms with E-state index in [1.54, 1.807) is 0 Å². The lowest BCUT2D eigenvalue weighted by atomic mass is 9.76. The van der Waals surface area contributed by atoms with Crippen LogP contribution in [0.1, 0.15) is 46.5 Å². The zero-order valence-electron chi connectivity index (χ0n) is 11.8. The fraction of sp³-hybridized carbons (Fsp3) is 0.929. The first-order valence-corrected chi connectivity index (χ1v) is 7.14. The molecular formula is C14H26N2O2. The van der Waals surface area contributed by atoms with E-state index in [9.17, 15) is 4.79 Å². The molecule has 1 heterocycles. The van der Waals surface area contributed by atoms with E-state index in [0.29, 0.717) is 6.04 Å². The molecule has 18 heavy (non-hydrogen) atoms. The average Bonchev–Trinajstić information content (AvgIpc) is 2.15. The standard InChI is InChI=1S/C14H26N2O2/c1-14(2,3)18-13(17)16-12-6-4-10(5-7-12)11-8-15-9-11/h10-12,15H,4-9H2,1-3H3,(H,16,17). The topological polar surface area (TPSA) is 50.4 Å². The Kier molecular flexibility index (Phi) is 4.15. The SMILES string of the molecule is CC(C)(C)OC(=O)NC1CCC(C2CNC2)CC1. The van der Waals surface area contributed by atoms with E-state index >= 15 is 0 Å². The normalized spacial score (nSPS) is 29.5. The monoisotopic (exact) mass is 254 g/mol. The lowest BCUT2D eigenvalue weighted by Gasteiger charge is -2.39. The number of rotatable bonds is 2. The molecule has 0 aromatic rings. The Morgan fingerprint density at radius 1 is 1.11 bits per heavy atom. The van der Waals surface area contributed by atoms with Gasteiger partial charge >= 0.3 is 6.09 Å². The van der Waals surface area contributed by atoms with Crippen LogP contribution in [0, 0.1) is 11.8 Å². The Labute approximate surface area is 110 Å². The maximum Gasteiger partial charge on any atom is 0.407 e. The lowest BCUT2D eigenvalue weighted by Crippen LogP contribution is -2.48. The molecule has 0 radical (unpaired) electrons. The highest BCUT2D eigenvalue weighted by Gasteiger charge is 2.31. The minimum Gasteiger partial charge on any atom is -0.444 e. The van der Waals surface area contributed by atoms with Gasteiger partial charge in [-0.3, -0.25) is 0 Å². The van der Waals surface area contributed by atoms with Gasteiger partial charge in [0.15, 0.2) is 0 Å². The Morgan fingerprint density at radius 2 is 1.72 bits per heavy atom. The summed E-state index contributed by atoms with van der Waals surface area (Å²) in [5.74, 6) is 1.75. The highest BCUT2D eigenvalue weighted by Crippen LogP contribution is 2.32. The third-order valence-corrected chi connectivity index (χ3v) is 3.97. The van der Waals surface area contributed by atoms with Gasteiger partial charge in [-0.2, -0.15) is 0 Å². The molecule has 0 aromatic heterocycles. The van der Waals surface area contributed by atoms with Crippen LogP contribution in [0.4, 0.5) is 4.79 Å². The maximum atomic E-state index is 11.7. The summed E-state index contributed by atoms with van der Waals surface area (Å²) in [6.45, 7) is 8.07. The van der Waals surface area contributed by atoms with E-state index in [-0.39, 0.29) is 6.09 Å². The molecule has 1 aliphatic heterocycles. The van der Waals surface area contributed by atoms with Gasteiger partial charge in [-0.05, 0) is 71.4 Å². The Morgan fingerprint density at radius 3 is 2.17 bits per heavy atom. The van der Waals surface area contributed by atoms with Crippen LogP contribution in [0.2, 0.25) is 0 Å². The molecule has 0 aromatic carbocycles. The van der Waals surface area contributed by atoms with Crippen molar-refractivity contribution in [3.63, 3.8) is 0 Å². The van der Waals surface area contributed by atoms with E-state index in [2.05, 4.69) is 10.6 Å². The van der Waals surface area contributed by atoms with Crippen LogP contribution in [-0.4, -0.2) is 30.8 Å². The molecule has 1 aliphatic carbocycles. The van der Waals surface area contributed by atoms with Crippen molar-refractivity contribution >= 4 is 6.09 Å². The molecule has 1 amide bonds. The number of nitrogens with one attached hydrogen (secondary N) is 2. The summed E-state index contributed by atoms with van der Waals surface area (Å²) < 4.78 is 5.29. The fourth-order valence-corrected chi connectivity index (χ4v) is 2.85. The summed E-state index contributed by atoms with van der Waals surface area (Å²) >= 11 is 0. The highest BCUT2D eigenvalue weighted by molar-refractivity contribution is 5.68. The summed E-state index contributed by atoms with van der Waals surface area (Å²) in [4.78, 5) is 11.7. The molecule has 0 unspecified atom stereocenters. The zero-order chi connectivity index (χ0) is 13.2. The smallest absolute Gasteiger partial charge is 0.407 e. The van der Waals surface area contributed by atoms with Crippen molar-refractivity contribution in [1.29, 1.82) is 0 Å². The van der Waals surface area contributed by atoms with Gasteiger partial charge in [-0.1, -0.05) is 0 Å². The fourth-order valence-electron chi connectivity index (χ4n) is 2.85. The molecule has 1 saturated carbocycles. The number of hydrogen-bond donors (Lipinski definition) is 2. The van der Waals surface area contributed by atoms with Gasteiger partial charge in [0, 0.05) is 6.04 Å². The molecule has 4 heteroatoms. The number of carbonyl (C=O) groups excluding carboxylic acids is 1. The van der Waals surface area contributed by atoms with E-state index in [4.69, 9.17) is 4.74 Å². The molecule has 2 aliphatic rings. The average molecular weight is 254 g/mol.